The average molecular weight is 474 g/mol. The molecule has 0 bridgehead atoms. The van der Waals surface area contributed by atoms with E-state index in [2.05, 4.69) is 23.3 Å². The Morgan fingerprint density at radius 3 is 2.53 bits per heavy atom. The molecule has 6 nitrogen and oxygen atoms in total. The van der Waals surface area contributed by atoms with Gasteiger partial charge >= 0.3 is 0 Å². The number of hydrogen-bond acceptors (Lipinski definition) is 3. The number of amides is 1. The molecule has 1 aliphatic heterocycles. The molecule has 8 heteroatoms. The monoisotopic (exact) mass is 473 g/mol. The first kappa shape index (κ1) is 22.8. The first-order valence-corrected chi connectivity index (χ1v) is 12.6. The lowest BCUT2D eigenvalue weighted by molar-refractivity contribution is 0.0713. The minimum Gasteiger partial charge on any atom is -0.361 e. The van der Waals surface area contributed by atoms with Crippen LogP contribution in [0.25, 0.3) is 10.9 Å². The molecule has 32 heavy (non-hydrogen) atoms. The molecule has 1 fully saturated rings. The normalized spacial score (nSPS) is 15.8. The highest BCUT2D eigenvalue weighted by atomic mass is 35.5. The van der Waals surface area contributed by atoms with Gasteiger partial charge in [0.15, 0.2) is 0 Å². The van der Waals surface area contributed by atoms with E-state index in [-0.39, 0.29) is 27.4 Å². The van der Waals surface area contributed by atoms with E-state index in [0.717, 1.165) is 18.4 Å². The summed E-state index contributed by atoms with van der Waals surface area (Å²) in [7, 11) is -2.17. The minimum atomic E-state index is -3.70. The number of rotatable bonds is 5. The number of piperidine rings is 1. The Kier molecular flexibility index (Phi) is 6.34. The third kappa shape index (κ3) is 4.17. The van der Waals surface area contributed by atoms with Gasteiger partial charge in [-0.2, -0.15) is 4.31 Å². The van der Waals surface area contributed by atoms with Gasteiger partial charge in [-0.25, -0.2) is 8.42 Å². The molecule has 0 radical (unpaired) electrons. The Labute approximate surface area is 194 Å². The number of aromatic nitrogens is 1. The SMILES string of the molecule is CC(C)N(C)S(=O)(=O)c1ccc(Cl)c(C(=O)N2CCC(c3c[nH]c4ccccc34)CC2)c1. The zero-order valence-corrected chi connectivity index (χ0v) is 20.1. The van der Waals surface area contributed by atoms with E-state index in [1.165, 1.54) is 40.5 Å². The fourth-order valence-electron chi connectivity index (χ4n) is 4.27. The second-order valence-corrected chi connectivity index (χ2v) is 11.0. The van der Waals surface area contributed by atoms with Crippen LogP contribution in [0.5, 0.6) is 0 Å². The van der Waals surface area contributed by atoms with Crippen molar-refractivity contribution in [3.63, 3.8) is 0 Å². The van der Waals surface area contributed by atoms with Crippen LogP contribution in [0.4, 0.5) is 0 Å². The molecule has 1 aliphatic rings. The molecule has 1 saturated heterocycles. The molecule has 0 aliphatic carbocycles. The van der Waals surface area contributed by atoms with E-state index in [1.807, 2.05) is 12.1 Å². The van der Waals surface area contributed by atoms with Crippen LogP contribution >= 0.6 is 11.6 Å². The van der Waals surface area contributed by atoms with Crippen LogP contribution < -0.4 is 0 Å². The van der Waals surface area contributed by atoms with Gasteiger partial charge in [0.05, 0.1) is 15.5 Å². The highest BCUT2D eigenvalue weighted by molar-refractivity contribution is 7.89. The molecule has 1 amide bonds. The van der Waals surface area contributed by atoms with Crippen LogP contribution in [-0.2, 0) is 10.0 Å². The Morgan fingerprint density at radius 1 is 1.16 bits per heavy atom. The maximum Gasteiger partial charge on any atom is 0.255 e. The van der Waals surface area contributed by atoms with E-state index in [1.54, 1.807) is 18.7 Å². The van der Waals surface area contributed by atoms with E-state index < -0.39 is 10.0 Å². The van der Waals surface area contributed by atoms with Crippen LogP contribution in [-0.4, -0.2) is 54.7 Å². The van der Waals surface area contributed by atoms with Crippen molar-refractivity contribution in [3.8, 4) is 0 Å². The van der Waals surface area contributed by atoms with Gasteiger partial charge in [0, 0.05) is 43.3 Å². The Hall–Kier alpha value is -2.35. The van der Waals surface area contributed by atoms with Crippen molar-refractivity contribution in [2.45, 2.75) is 43.5 Å². The molecular formula is C24H28ClN3O3S. The van der Waals surface area contributed by atoms with Crippen molar-refractivity contribution in [1.82, 2.24) is 14.2 Å². The van der Waals surface area contributed by atoms with E-state index >= 15 is 0 Å². The predicted molar refractivity (Wildman–Crippen MR) is 128 cm³/mol. The van der Waals surface area contributed by atoms with Crippen molar-refractivity contribution in [2.24, 2.45) is 0 Å². The Morgan fingerprint density at radius 2 is 1.84 bits per heavy atom. The van der Waals surface area contributed by atoms with E-state index in [9.17, 15) is 13.2 Å². The quantitative estimate of drug-likeness (QED) is 0.574. The summed E-state index contributed by atoms with van der Waals surface area (Å²) in [5, 5.41) is 1.49. The third-order valence-electron chi connectivity index (χ3n) is 6.42. The zero-order valence-electron chi connectivity index (χ0n) is 18.5. The lowest BCUT2D eigenvalue weighted by atomic mass is 9.89. The smallest absolute Gasteiger partial charge is 0.255 e. The molecule has 1 aromatic heterocycles. The van der Waals surface area contributed by atoms with Crippen molar-refractivity contribution in [3.05, 3.63) is 64.8 Å². The second-order valence-electron chi connectivity index (χ2n) is 8.61. The summed E-state index contributed by atoms with van der Waals surface area (Å²) in [6, 6.07) is 12.4. The lowest BCUT2D eigenvalue weighted by Crippen LogP contribution is -2.38. The first-order chi connectivity index (χ1) is 15.2. The van der Waals surface area contributed by atoms with Crippen LogP contribution in [0, 0.1) is 0 Å². The van der Waals surface area contributed by atoms with Gasteiger partial charge in [-0.3, -0.25) is 4.79 Å². The number of carbonyl (C=O) groups is 1. The summed E-state index contributed by atoms with van der Waals surface area (Å²) >= 11 is 6.32. The number of para-hydroxylation sites is 1. The largest absolute Gasteiger partial charge is 0.361 e. The fourth-order valence-corrected chi connectivity index (χ4v) is 5.86. The average Bonchev–Trinajstić information content (AvgIpc) is 3.22. The number of fused-ring (bicyclic) bond motifs is 1. The first-order valence-electron chi connectivity index (χ1n) is 10.8. The van der Waals surface area contributed by atoms with Gasteiger partial charge in [-0.05, 0) is 62.4 Å². The molecule has 2 heterocycles. The highest BCUT2D eigenvalue weighted by Crippen LogP contribution is 2.34. The Bertz CT molecular complexity index is 1240. The molecule has 3 aromatic rings. The summed E-state index contributed by atoms with van der Waals surface area (Å²) in [5.74, 6) is 0.147. The molecule has 4 rings (SSSR count). The van der Waals surface area contributed by atoms with Gasteiger partial charge in [-0.15, -0.1) is 0 Å². The number of H-pyrrole nitrogens is 1. The maximum atomic E-state index is 13.2. The van der Waals surface area contributed by atoms with E-state index in [0.29, 0.717) is 19.0 Å². The highest BCUT2D eigenvalue weighted by Gasteiger charge is 2.29. The summed E-state index contributed by atoms with van der Waals surface area (Å²) in [4.78, 5) is 18.4. The second kappa shape index (κ2) is 8.89. The molecule has 0 unspecified atom stereocenters. The molecule has 0 atom stereocenters. The number of sulfonamides is 1. The number of carbonyl (C=O) groups excluding carboxylic acids is 1. The van der Waals surface area contributed by atoms with Crippen molar-refractivity contribution in [2.75, 3.05) is 20.1 Å². The number of halogens is 1. The van der Waals surface area contributed by atoms with Gasteiger partial charge < -0.3 is 9.88 Å². The zero-order chi connectivity index (χ0) is 23.0. The third-order valence-corrected chi connectivity index (χ3v) is 8.77. The number of nitrogens with zero attached hydrogens (tertiary/aromatic N) is 2. The Balaban J connectivity index is 1.52. The number of aromatic amines is 1. The van der Waals surface area contributed by atoms with Crippen LogP contribution in [0.1, 0.15) is 48.5 Å². The van der Waals surface area contributed by atoms with Gasteiger partial charge in [-0.1, -0.05) is 29.8 Å². The van der Waals surface area contributed by atoms with Gasteiger partial charge in [0.25, 0.3) is 5.91 Å². The summed E-state index contributed by atoms with van der Waals surface area (Å²) < 4.78 is 27.0. The van der Waals surface area contributed by atoms with Crippen molar-refractivity contribution in [1.29, 1.82) is 0 Å². The summed E-state index contributed by atoms with van der Waals surface area (Å²) in [5.41, 5.74) is 2.64. The molecule has 0 saturated carbocycles. The molecule has 1 N–H and O–H groups in total. The van der Waals surface area contributed by atoms with Crippen molar-refractivity contribution >= 4 is 38.4 Å². The standard InChI is InChI=1S/C24H28ClN3O3S/c1-16(2)27(3)32(30,31)18-8-9-22(25)20(14-18)24(29)28-12-10-17(11-13-28)21-15-26-23-7-5-4-6-19(21)23/h4-9,14-17,26H,10-13H2,1-3H3. The lowest BCUT2D eigenvalue weighted by Gasteiger charge is -2.32. The molecule has 170 valence electrons. The topological polar surface area (TPSA) is 73.5 Å². The molecular weight excluding hydrogens is 446 g/mol. The minimum absolute atomic E-state index is 0.0788. The predicted octanol–water partition coefficient (Wildman–Crippen LogP) is 4.87. The fraction of sp³-hybridized carbons (Fsp3) is 0.375. The molecule has 0 spiro atoms. The van der Waals surface area contributed by atoms with E-state index in [4.69, 9.17) is 11.6 Å². The van der Waals surface area contributed by atoms with Crippen LogP contribution in [0.3, 0.4) is 0 Å². The van der Waals surface area contributed by atoms with Crippen molar-refractivity contribution < 1.29 is 13.2 Å². The maximum absolute atomic E-state index is 13.2. The summed E-state index contributed by atoms with van der Waals surface area (Å²) in [6.45, 7) is 4.80. The number of hydrogen-bond donors (Lipinski definition) is 1. The van der Waals surface area contributed by atoms with Gasteiger partial charge in [0.1, 0.15) is 0 Å². The van der Waals surface area contributed by atoms with Gasteiger partial charge in [0.2, 0.25) is 10.0 Å². The number of benzene rings is 2. The summed E-state index contributed by atoms with van der Waals surface area (Å²) in [6.07, 6.45) is 3.77. The number of nitrogens with one attached hydrogen (secondary N) is 1. The number of likely N-dealkylation sites (tertiary alicyclic amines) is 1. The molecule has 2 aromatic carbocycles. The van der Waals surface area contributed by atoms with Crippen LogP contribution in [0.15, 0.2) is 53.6 Å². The van der Waals surface area contributed by atoms with Crippen LogP contribution in [0.2, 0.25) is 5.02 Å².